The number of rotatable bonds is 6. The second kappa shape index (κ2) is 7.79. The van der Waals surface area contributed by atoms with Gasteiger partial charge in [-0.15, -0.1) is 0 Å². The first-order valence-electron chi connectivity index (χ1n) is 7.73. The van der Waals surface area contributed by atoms with Gasteiger partial charge in [-0.25, -0.2) is 13.1 Å². The van der Waals surface area contributed by atoms with Crippen LogP contribution in [0.5, 0.6) is 0 Å². The van der Waals surface area contributed by atoms with Gasteiger partial charge in [0.05, 0.1) is 4.90 Å². The van der Waals surface area contributed by atoms with E-state index in [0.29, 0.717) is 11.4 Å². The van der Waals surface area contributed by atoms with Crippen LogP contribution in [0.1, 0.15) is 51.4 Å². The number of hydrogen-bond acceptors (Lipinski definition) is 2. The minimum absolute atomic E-state index is 0.356. The van der Waals surface area contributed by atoms with E-state index in [1.165, 1.54) is 38.5 Å². The fourth-order valence-electron chi connectivity index (χ4n) is 2.93. The predicted molar refractivity (Wildman–Crippen MR) is 82.1 cm³/mol. The standard InChI is InChI=1S/C16H25NO2S/c18-20(19,16-12-6-3-7-13-16)17-14-8-11-15-9-4-1-2-5-10-15/h3,6-7,12-13,15,17H,1-2,4-5,8-11,14H2. The van der Waals surface area contributed by atoms with Crippen LogP contribution in [0.3, 0.4) is 0 Å². The molecule has 0 atom stereocenters. The maximum absolute atomic E-state index is 12.0. The summed E-state index contributed by atoms with van der Waals surface area (Å²) in [5, 5.41) is 0. The predicted octanol–water partition coefficient (Wildman–Crippen LogP) is 3.72. The monoisotopic (exact) mass is 295 g/mol. The fraction of sp³-hybridized carbons (Fsp3) is 0.625. The van der Waals surface area contributed by atoms with Crippen LogP contribution in [0.15, 0.2) is 35.2 Å². The summed E-state index contributed by atoms with van der Waals surface area (Å²) < 4.78 is 26.8. The summed E-state index contributed by atoms with van der Waals surface area (Å²) in [4.78, 5) is 0.356. The molecule has 0 amide bonds. The number of hydrogen-bond donors (Lipinski definition) is 1. The maximum atomic E-state index is 12.0. The Balaban J connectivity index is 1.72. The first-order valence-corrected chi connectivity index (χ1v) is 9.21. The third kappa shape index (κ3) is 4.91. The summed E-state index contributed by atoms with van der Waals surface area (Å²) in [6.45, 7) is 0.549. The Bertz CT molecular complexity index is 476. The Morgan fingerprint density at radius 3 is 2.30 bits per heavy atom. The fourth-order valence-corrected chi connectivity index (χ4v) is 4.03. The topological polar surface area (TPSA) is 46.2 Å². The third-order valence-corrected chi connectivity index (χ3v) is 5.59. The smallest absolute Gasteiger partial charge is 0.211 e. The van der Waals surface area contributed by atoms with Crippen LogP contribution < -0.4 is 4.72 Å². The molecule has 0 aromatic heterocycles. The molecule has 0 heterocycles. The molecule has 1 saturated carbocycles. The van der Waals surface area contributed by atoms with Crippen molar-refractivity contribution in [3.05, 3.63) is 30.3 Å². The molecular weight excluding hydrogens is 270 g/mol. The molecule has 1 N–H and O–H groups in total. The molecule has 20 heavy (non-hydrogen) atoms. The molecule has 1 aliphatic rings. The van der Waals surface area contributed by atoms with Gasteiger partial charge in [0, 0.05) is 6.54 Å². The molecule has 2 rings (SSSR count). The Kier molecular flexibility index (Phi) is 6.05. The van der Waals surface area contributed by atoms with Crippen LogP contribution >= 0.6 is 0 Å². The molecule has 1 aliphatic carbocycles. The first-order chi connectivity index (χ1) is 9.68. The van der Waals surface area contributed by atoms with Crippen molar-refractivity contribution in [3.63, 3.8) is 0 Å². The summed E-state index contributed by atoms with van der Waals surface area (Å²) in [6.07, 6.45) is 10.2. The van der Waals surface area contributed by atoms with Crippen molar-refractivity contribution >= 4 is 10.0 Å². The minimum atomic E-state index is -3.32. The Labute approximate surface area is 122 Å². The Morgan fingerprint density at radius 1 is 1.00 bits per heavy atom. The lowest BCUT2D eigenvalue weighted by atomic mass is 9.95. The van der Waals surface area contributed by atoms with E-state index in [4.69, 9.17) is 0 Å². The number of nitrogens with one attached hydrogen (secondary N) is 1. The molecule has 0 aliphatic heterocycles. The summed E-state index contributed by atoms with van der Waals surface area (Å²) >= 11 is 0. The van der Waals surface area contributed by atoms with Gasteiger partial charge >= 0.3 is 0 Å². The van der Waals surface area contributed by atoms with E-state index in [9.17, 15) is 8.42 Å². The molecule has 0 bridgehead atoms. The number of benzene rings is 1. The molecule has 1 fully saturated rings. The summed E-state index contributed by atoms with van der Waals surface area (Å²) in [5.41, 5.74) is 0. The number of sulfonamides is 1. The normalized spacial score (nSPS) is 17.8. The van der Waals surface area contributed by atoms with Gasteiger partial charge in [0.1, 0.15) is 0 Å². The summed E-state index contributed by atoms with van der Waals surface area (Å²) in [5.74, 6) is 0.804. The van der Waals surface area contributed by atoms with E-state index in [-0.39, 0.29) is 0 Å². The van der Waals surface area contributed by atoms with E-state index in [2.05, 4.69) is 4.72 Å². The van der Waals surface area contributed by atoms with Crippen molar-refractivity contribution in [1.82, 2.24) is 4.72 Å². The molecule has 0 radical (unpaired) electrons. The van der Waals surface area contributed by atoms with Crippen LogP contribution in [0.2, 0.25) is 0 Å². The zero-order chi connectivity index (χ0) is 14.3. The minimum Gasteiger partial charge on any atom is -0.211 e. The van der Waals surface area contributed by atoms with E-state index in [1.54, 1.807) is 24.3 Å². The largest absolute Gasteiger partial charge is 0.240 e. The maximum Gasteiger partial charge on any atom is 0.240 e. The molecule has 0 saturated heterocycles. The SMILES string of the molecule is O=S(=O)(NCCCC1CCCCCC1)c1ccccc1. The molecule has 112 valence electrons. The third-order valence-electron chi connectivity index (χ3n) is 4.11. The van der Waals surface area contributed by atoms with Gasteiger partial charge in [0.15, 0.2) is 0 Å². The van der Waals surface area contributed by atoms with E-state index < -0.39 is 10.0 Å². The van der Waals surface area contributed by atoms with Crippen molar-refractivity contribution < 1.29 is 8.42 Å². The van der Waals surface area contributed by atoms with Gasteiger partial charge in [0.2, 0.25) is 10.0 Å². The van der Waals surface area contributed by atoms with Crippen molar-refractivity contribution in [2.45, 2.75) is 56.3 Å². The van der Waals surface area contributed by atoms with Gasteiger partial charge in [-0.3, -0.25) is 0 Å². The van der Waals surface area contributed by atoms with Gasteiger partial charge < -0.3 is 0 Å². The van der Waals surface area contributed by atoms with Crippen LogP contribution in [0.25, 0.3) is 0 Å². The highest BCUT2D eigenvalue weighted by Gasteiger charge is 2.14. The van der Waals surface area contributed by atoms with Crippen molar-refractivity contribution in [1.29, 1.82) is 0 Å². The van der Waals surface area contributed by atoms with Crippen LogP contribution in [-0.2, 0) is 10.0 Å². The molecule has 1 aromatic rings. The summed E-state index contributed by atoms with van der Waals surface area (Å²) in [6, 6.07) is 8.59. The van der Waals surface area contributed by atoms with Gasteiger partial charge in [-0.1, -0.05) is 56.7 Å². The molecule has 0 spiro atoms. The second-order valence-electron chi connectivity index (χ2n) is 5.71. The molecule has 4 heteroatoms. The molecule has 1 aromatic carbocycles. The zero-order valence-corrected chi connectivity index (χ0v) is 12.9. The van der Waals surface area contributed by atoms with E-state index in [1.807, 2.05) is 6.07 Å². The van der Waals surface area contributed by atoms with Crippen molar-refractivity contribution in [2.75, 3.05) is 6.54 Å². The van der Waals surface area contributed by atoms with Crippen LogP contribution in [0, 0.1) is 5.92 Å². The Hall–Kier alpha value is -0.870. The van der Waals surface area contributed by atoms with E-state index in [0.717, 1.165) is 18.8 Å². The lowest BCUT2D eigenvalue weighted by molar-refractivity contribution is 0.415. The molecular formula is C16H25NO2S. The van der Waals surface area contributed by atoms with Crippen molar-refractivity contribution in [3.8, 4) is 0 Å². The van der Waals surface area contributed by atoms with Gasteiger partial charge in [0.25, 0.3) is 0 Å². The van der Waals surface area contributed by atoms with Crippen LogP contribution in [-0.4, -0.2) is 15.0 Å². The molecule has 0 unspecified atom stereocenters. The average molecular weight is 295 g/mol. The van der Waals surface area contributed by atoms with Crippen molar-refractivity contribution in [2.24, 2.45) is 5.92 Å². The van der Waals surface area contributed by atoms with Gasteiger partial charge in [-0.05, 0) is 30.9 Å². The lowest BCUT2D eigenvalue weighted by Gasteiger charge is -2.13. The summed E-state index contributed by atoms with van der Waals surface area (Å²) in [7, 11) is -3.32. The zero-order valence-electron chi connectivity index (χ0n) is 12.1. The Morgan fingerprint density at radius 2 is 1.65 bits per heavy atom. The van der Waals surface area contributed by atoms with Gasteiger partial charge in [-0.2, -0.15) is 0 Å². The average Bonchev–Trinajstić information content (AvgIpc) is 2.73. The highest BCUT2D eigenvalue weighted by Crippen LogP contribution is 2.26. The quantitative estimate of drug-likeness (QED) is 0.642. The van der Waals surface area contributed by atoms with E-state index >= 15 is 0 Å². The second-order valence-corrected chi connectivity index (χ2v) is 7.48. The highest BCUT2D eigenvalue weighted by molar-refractivity contribution is 7.89. The molecule has 3 nitrogen and oxygen atoms in total. The lowest BCUT2D eigenvalue weighted by Crippen LogP contribution is -2.25. The first kappa shape index (κ1) is 15.5. The van der Waals surface area contributed by atoms with Crippen LogP contribution in [0.4, 0.5) is 0 Å². The highest BCUT2D eigenvalue weighted by atomic mass is 32.2.